The Bertz CT molecular complexity index is 550. The molecule has 3 rings (SSSR count). The van der Waals surface area contributed by atoms with Gasteiger partial charge in [-0.15, -0.1) is 0 Å². The van der Waals surface area contributed by atoms with E-state index >= 15 is 0 Å². The molecule has 0 aliphatic carbocycles. The molecule has 6 nitrogen and oxygen atoms in total. The summed E-state index contributed by atoms with van der Waals surface area (Å²) >= 11 is 0. The Morgan fingerprint density at radius 3 is 2.25 bits per heavy atom. The van der Waals surface area contributed by atoms with Gasteiger partial charge in [-0.1, -0.05) is 0 Å². The van der Waals surface area contributed by atoms with Crippen LogP contribution in [0.5, 0.6) is 0 Å². The van der Waals surface area contributed by atoms with Gasteiger partial charge in [0.2, 0.25) is 0 Å². The number of aliphatic hydroxyl groups excluding tert-OH is 1. The lowest BCUT2D eigenvalue weighted by molar-refractivity contribution is 0.116. The molecule has 24 heavy (non-hydrogen) atoms. The predicted molar refractivity (Wildman–Crippen MR) is 96.0 cm³/mol. The summed E-state index contributed by atoms with van der Waals surface area (Å²) in [5.41, 5.74) is 3.75. The first-order valence-corrected chi connectivity index (χ1v) is 9.21. The van der Waals surface area contributed by atoms with E-state index in [0.29, 0.717) is 18.4 Å². The van der Waals surface area contributed by atoms with Gasteiger partial charge in [0.15, 0.2) is 0 Å². The summed E-state index contributed by atoms with van der Waals surface area (Å²) in [6.07, 6.45) is 0. The lowest BCUT2D eigenvalue weighted by atomic mass is 9.96. The van der Waals surface area contributed by atoms with E-state index < -0.39 is 0 Å². The van der Waals surface area contributed by atoms with Crippen LogP contribution in [0.15, 0.2) is 0 Å². The zero-order chi connectivity index (χ0) is 17.3. The molecule has 0 saturated carbocycles. The van der Waals surface area contributed by atoms with Crippen molar-refractivity contribution in [1.82, 2.24) is 24.5 Å². The maximum atomic E-state index is 9.84. The second-order valence-corrected chi connectivity index (χ2v) is 7.77. The molecule has 1 aromatic rings. The van der Waals surface area contributed by atoms with Crippen LogP contribution in [-0.2, 0) is 13.6 Å². The zero-order valence-electron chi connectivity index (χ0n) is 15.7. The fourth-order valence-corrected chi connectivity index (χ4v) is 4.21. The second kappa shape index (κ2) is 7.52. The number of likely N-dealkylation sites (tertiary alicyclic amines) is 1. The quantitative estimate of drug-likeness (QED) is 0.840. The van der Waals surface area contributed by atoms with Crippen LogP contribution in [0.1, 0.15) is 17.0 Å². The first kappa shape index (κ1) is 17.9. The molecule has 2 saturated heterocycles. The van der Waals surface area contributed by atoms with Crippen molar-refractivity contribution >= 4 is 0 Å². The van der Waals surface area contributed by atoms with Crippen LogP contribution in [0.2, 0.25) is 0 Å². The molecule has 0 bridgehead atoms. The van der Waals surface area contributed by atoms with E-state index in [4.69, 9.17) is 0 Å². The summed E-state index contributed by atoms with van der Waals surface area (Å²) in [5.74, 6) is 0.984. The zero-order valence-corrected chi connectivity index (χ0v) is 15.7. The van der Waals surface area contributed by atoms with Gasteiger partial charge >= 0.3 is 0 Å². The van der Waals surface area contributed by atoms with Crippen LogP contribution in [0.25, 0.3) is 0 Å². The highest BCUT2D eigenvalue weighted by Crippen LogP contribution is 2.27. The fraction of sp³-hybridized carbons (Fsp3) is 0.833. The maximum Gasteiger partial charge on any atom is 0.0641 e. The molecule has 6 heteroatoms. The van der Waals surface area contributed by atoms with Gasteiger partial charge in [-0.25, -0.2) is 0 Å². The number of hydrogen-bond donors (Lipinski definition) is 1. The average molecular weight is 335 g/mol. The van der Waals surface area contributed by atoms with Crippen LogP contribution >= 0.6 is 0 Å². The van der Waals surface area contributed by atoms with Gasteiger partial charge < -0.3 is 14.9 Å². The largest absolute Gasteiger partial charge is 0.396 e. The van der Waals surface area contributed by atoms with Crippen molar-refractivity contribution in [2.75, 3.05) is 59.5 Å². The Balaban J connectivity index is 1.59. The summed E-state index contributed by atoms with van der Waals surface area (Å²) in [5, 5.41) is 14.4. The fourth-order valence-electron chi connectivity index (χ4n) is 4.21. The first-order valence-electron chi connectivity index (χ1n) is 9.21. The molecule has 0 amide bonds. The third-order valence-corrected chi connectivity index (χ3v) is 6.02. The molecule has 136 valence electrons. The monoisotopic (exact) mass is 335 g/mol. The highest BCUT2D eigenvalue weighted by atomic mass is 16.3. The number of hydrogen-bond acceptors (Lipinski definition) is 5. The van der Waals surface area contributed by atoms with Crippen LogP contribution < -0.4 is 0 Å². The smallest absolute Gasteiger partial charge is 0.0641 e. The van der Waals surface area contributed by atoms with Crippen LogP contribution in [0.4, 0.5) is 0 Å². The van der Waals surface area contributed by atoms with Gasteiger partial charge in [-0.2, -0.15) is 5.10 Å². The van der Waals surface area contributed by atoms with E-state index in [1.54, 1.807) is 0 Å². The normalized spacial score (nSPS) is 27.2. The molecule has 3 heterocycles. The van der Waals surface area contributed by atoms with E-state index in [0.717, 1.165) is 58.1 Å². The third kappa shape index (κ3) is 3.82. The number of rotatable bonds is 5. The average Bonchev–Trinajstić information content (AvgIpc) is 3.05. The topological polar surface area (TPSA) is 47.8 Å². The van der Waals surface area contributed by atoms with E-state index in [1.807, 2.05) is 11.7 Å². The Labute approximate surface area is 146 Å². The van der Waals surface area contributed by atoms with Crippen LogP contribution in [0, 0.1) is 25.7 Å². The van der Waals surface area contributed by atoms with Gasteiger partial charge in [0.25, 0.3) is 0 Å². The van der Waals surface area contributed by atoms with Crippen molar-refractivity contribution < 1.29 is 5.11 Å². The maximum absolute atomic E-state index is 9.84. The minimum atomic E-state index is 0.305. The summed E-state index contributed by atoms with van der Waals surface area (Å²) < 4.78 is 1.98. The second-order valence-electron chi connectivity index (χ2n) is 7.77. The van der Waals surface area contributed by atoms with Crippen molar-refractivity contribution in [3.05, 3.63) is 17.0 Å². The Morgan fingerprint density at radius 1 is 1.00 bits per heavy atom. The molecule has 0 aromatic carbocycles. The minimum absolute atomic E-state index is 0.305. The molecular weight excluding hydrogens is 302 g/mol. The number of aryl methyl sites for hydroxylation is 2. The van der Waals surface area contributed by atoms with Crippen molar-refractivity contribution in [1.29, 1.82) is 0 Å². The van der Waals surface area contributed by atoms with Crippen molar-refractivity contribution in [2.45, 2.75) is 20.4 Å². The lowest BCUT2D eigenvalue weighted by Crippen LogP contribution is -2.47. The van der Waals surface area contributed by atoms with E-state index in [1.165, 1.54) is 11.3 Å². The van der Waals surface area contributed by atoms with E-state index in [2.05, 4.69) is 40.7 Å². The third-order valence-electron chi connectivity index (χ3n) is 6.02. The summed E-state index contributed by atoms with van der Waals surface area (Å²) in [4.78, 5) is 7.49. The number of aliphatic hydroxyl groups is 1. The highest BCUT2D eigenvalue weighted by molar-refractivity contribution is 5.24. The van der Waals surface area contributed by atoms with Crippen molar-refractivity contribution in [3.63, 3.8) is 0 Å². The Morgan fingerprint density at radius 2 is 1.67 bits per heavy atom. The van der Waals surface area contributed by atoms with Gasteiger partial charge in [-0.3, -0.25) is 9.58 Å². The minimum Gasteiger partial charge on any atom is -0.396 e. The van der Waals surface area contributed by atoms with Gasteiger partial charge in [-0.05, 0) is 32.7 Å². The molecule has 2 atom stereocenters. The molecule has 1 aromatic heterocycles. The molecule has 2 aliphatic heterocycles. The molecule has 0 radical (unpaired) electrons. The Kier molecular flexibility index (Phi) is 5.59. The highest BCUT2D eigenvalue weighted by Gasteiger charge is 2.34. The van der Waals surface area contributed by atoms with Gasteiger partial charge in [0, 0.05) is 77.3 Å². The van der Waals surface area contributed by atoms with E-state index in [-0.39, 0.29) is 0 Å². The first-order chi connectivity index (χ1) is 11.5. The number of nitrogens with zero attached hydrogens (tertiary/aromatic N) is 5. The van der Waals surface area contributed by atoms with E-state index in [9.17, 15) is 5.11 Å². The van der Waals surface area contributed by atoms with Crippen LogP contribution in [-0.4, -0.2) is 89.1 Å². The standard InChI is InChI=1S/C18H33N5O/c1-14-18(15(2)21(4)19-14)12-23-10-16(17(11-23)13-24)9-22-7-5-20(3)6-8-22/h16-17,24H,5-13H2,1-4H3/t16-,17-/m1/s1. The van der Waals surface area contributed by atoms with Crippen molar-refractivity contribution in [3.8, 4) is 0 Å². The number of piperazine rings is 1. The molecule has 1 N–H and O–H groups in total. The lowest BCUT2D eigenvalue weighted by Gasteiger charge is -2.34. The predicted octanol–water partition coefficient (Wildman–Crippen LogP) is 0.325. The van der Waals surface area contributed by atoms with Crippen molar-refractivity contribution in [2.24, 2.45) is 18.9 Å². The molecule has 2 fully saturated rings. The van der Waals surface area contributed by atoms with Gasteiger partial charge in [0.1, 0.15) is 0 Å². The molecule has 2 aliphatic rings. The Hall–Kier alpha value is -0.950. The molecule has 0 unspecified atom stereocenters. The summed E-state index contributed by atoms with van der Waals surface area (Å²) in [6.45, 7) is 13.4. The molecule has 0 spiro atoms. The number of likely N-dealkylation sites (N-methyl/N-ethyl adjacent to an activating group) is 1. The summed E-state index contributed by atoms with van der Waals surface area (Å²) in [7, 11) is 4.21. The van der Waals surface area contributed by atoms with Crippen LogP contribution in [0.3, 0.4) is 0 Å². The molecular formula is C18H33N5O. The SMILES string of the molecule is Cc1nn(C)c(C)c1CN1C[C@@H](CN2CCN(C)CC2)[C@@H](CO)C1. The van der Waals surface area contributed by atoms with Gasteiger partial charge in [0.05, 0.1) is 5.69 Å². The number of aromatic nitrogens is 2. The summed E-state index contributed by atoms with van der Waals surface area (Å²) in [6, 6.07) is 0.